The van der Waals surface area contributed by atoms with Crippen molar-refractivity contribution >= 4 is 5.97 Å². The van der Waals surface area contributed by atoms with Crippen molar-refractivity contribution in [1.82, 2.24) is 0 Å². The van der Waals surface area contributed by atoms with Crippen molar-refractivity contribution in [3.8, 4) is 0 Å². The SMILES string of the molecule is CC(C)O.CCCCOC(C)=O. The average Bonchev–Trinajstić information content (AvgIpc) is 1.86. The first kappa shape index (κ1) is 14.0. The first-order chi connectivity index (χ1) is 5.50. The van der Waals surface area contributed by atoms with Crippen LogP contribution in [-0.4, -0.2) is 23.8 Å². The van der Waals surface area contributed by atoms with Crippen LogP contribution in [0.1, 0.15) is 40.5 Å². The van der Waals surface area contributed by atoms with E-state index >= 15 is 0 Å². The molecule has 1 N–H and O–H groups in total. The number of carbonyl (C=O) groups is 1. The fourth-order valence-corrected chi connectivity index (χ4v) is 0.360. The van der Waals surface area contributed by atoms with Gasteiger partial charge in [0.2, 0.25) is 0 Å². The summed E-state index contributed by atoms with van der Waals surface area (Å²) in [5.74, 6) is -0.182. The maximum absolute atomic E-state index is 10.1. The Labute approximate surface area is 74.7 Å². The summed E-state index contributed by atoms with van der Waals surface area (Å²) >= 11 is 0. The molecule has 0 saturated heterocycles. The quantitative estimate of drug-likeness (QED) is 0.526. The molecule has 0 saturated carbocycles. The standard InChI is InChI=1S/C6H12O2.C3H8O/c1-3-4-5-8-6(2)7;1-3(2)4/h3-5H2,1-2H3;3-4H,1-2H3. The second kappa shape index (κ2) is 10.4. The third-order valence-corrected chi connectivity index (χ3v) is 0.803. The number of hydrogen-bond acceptors (Lipinski definition) is 3. The van der Waals surface area contributed by atoms with Gasteiger partial charge in [-0.15, -0.1) is 0 Å². The number of unbranched alkanes of at least 4 members (excludes halogenated alkanes) is 1. The topological polar surface area (TPSA) is 46.5 Å². The number of ether oxygens (including phenoxy) is 1. The number of hydrogen-bond donors (Lipinski definition) is 1. The van der Waals surface area contributed by atoms with E-state index in [0.29, 0.717) is 6.61 Å². The van der Waals surface area contributed by atoms with Crippen LogP contribution in [0.2, 0.25) is 0 Å². The largest absolute Gasteiger partial charge is 0.466 e. The molecule has 0 aromatic carbocycles. The summed E-state index contributed by atoms with van der Waals surface area (Å²) in [6.45, 7) is 7.50. The summed E-state index contributed by atoms with van der Waals surface area (Å²) in [6, 6.07) is 0. The molecule has 3 heteroatoms. The van der Waals surface area contributed by atoms with Gasteiger partial charge in [-0.3, -0.25) is 4.79 Å². The third kappa shape index (κ3) is 34.1. The third-order valence-electron chi connectivity index (χ3n) is 0.803. The van der Waals surface area contributed by atoms with Crippen LogP contribution in [0, 0.1) is 0 Å². The molecule has 0 aromatic rings. The molecule has 0 unspecified atom stereocenters. The fourth-order valence-electron chi connectivity index (χ4n) is 0.360. The average molecular weight is 176 g/mol. The molecule has 12 heavy (non-hydrogen) atoms. The predicted octanol–water partition coefficient (Wildman–Crippen LogP) is 1.74. The van der Waals surface area contributed by atoms with Crippen molar-refractivity contribution in [2.24, 2.45) is 0 Å². The Kier molecular flexibility index (Phi) is 12.2. The Morgan fingerprint density at radius 2 is 1.92 bits per heavy atom. The fraction of sp³-hybridized carbons (Fsp3) is 0.889. The summed E-state index contributed by atoms with van der Waals surface area (Å²) in [5.41, 5.74) is 0. The van der Waals surface area contributed by atoms with Gasteiger partial charge in [0.15, 0.2) is 0 Å². The zero-order chi connectivity index (χ0) is 9.98. The van der Waals surface area contributed by atoms with E-state index in [0.717, 1.165) is 12.8 Å². The number of aliphatic hydroxyl groups is 1. The van der Waals surface area contributed by atoms with E-state index in [1.54, 1.807) is 13.8 Å². The van der Waals surface area contributed by atoms with Crippen molar-refractivity contribution in [1.29, 1.82) is 0 Å². The molecule has 0 atom stereocenters. The first-order valence-electron chi connectivity index (χ1n) is 4.32. The number of rotatable bonds is 3. The molecule has 0 aliphatic carbocycles. The van der Waals surface area contributed by atoms with Gasteiger partial charge < -0.3 is 9.84 Å². The lowest BCUT2D eigenvalue weighted by atomic mass is 10.4. The van der Waals surface area contributed by atoms with Crippen LogP contribution in [-0.2, 0) is 9.53 Å². The van der Waals surface area contributed by atoms with E-state index in [9.17, 15) is 4.79 Å². The van der Waals surface area contributed by atoms with Gasteiger partial charge in [0.25, 0.3) is 0 Å². The lowest BCUT2D eigenvalue weighted by molar-refractivity contribution is -0.141. The Hall–Kier alpha value is -0.570. The molecule has 0 aliphatic rings. The zero-order valence-corrected chi connectivity index (χ0v) is 8.46. The van der Waals surface area contributed by atoms with Gasteiger partial charge >= 0.3 is 5.97 Å². The molecule has 0 amide bonds. The lowest BCUT2D eigenvalue weighted by Gasteiger charge is -1.96. The van der Waals surface area contributed by atoms with Gasteiger partial charge in [-0.1, -0.05) is 13.3 Å². The highest BCUT2D eigenvalue weighted by atomic mass is 16.5. The summed E-state index contributed by atoms with van der Waals surface area (Å²) in [7, 11) is 0. The summed E-state index contributed by atoms with van der Waals surface area (Å²) < 4.78 is 4.64. The van der Waals surface area contributed by atoms with Crippen molar-refractivity contribution in [3.63, 3.8) is 0 Å². The minimum atomic E-state index is -0.182. The maximum Gasteiger partial charge on any atom is 0.302 e. The molecule has 0 fully saturated rings. The molecule has 0 aliphatic heterocycles. The van der Waals surface area contributed by atoms with Crippen LogP contribution >= 0.6 is 0 Å². The Morgan fingerprint density at radius 3 is 2.17 bits per heavy atom. The molecule has 0 heterocycles. The molecule has 0 rings (SSSR count). The second-order valence-electron chi connectivity index (χ2n) is 2.79. The maximum atomic E-state index is 10.1. The van der Waals surface area contributed by atoms with Gasteiger partial charge in [-0.25, -0.2) is 0 Å². The molecular formula is C9H20O3. The first-order valence-corrected chi connectivity index (χ1v) is 4.32. The van der Waals surface area contributed by atoms with Gasteiger partial charge in [-0.05, 0) is 20.3 Å². The van der Waals surface area contributed by atoms with Crippen molar-refractivity contribution < 1.29 is 14.6 Å². The van der Waals surface area contributed by atoms with E-state index in [1.165, 1.54) is 6.92 Å². The van der Waals surface area contributed by atoms with Gasteiger partial charge in [0.1, 0.15) is 0 Å². The van der Waals surface area contributed by atoms with Gasteiger partial charge in [-0.2, -0.15) is 0 Å². The Bertz CT molecular complexity index is 97.2. The lowest BCUT2D eigenvalue weighted by Crippen LogP contribution is -1.99. The number of aliphatic hydroxyl groups excluding tert-OH is 1. The normalized spacial score (nSPS) is 8.83. The minimum Gasteiger partial charge on any atom is -0.466 e. The van der Waals surface area contributed by atoms with Crippen LogP contribution in [0.4, 0.5) is 0 Å². The van der Waals surface area contributed by atoms with Crippen LogP contribution in [0.25, 0.3) is 0 Å². The van der Waals surface area contributed by atoms with Crippen molar-refractivity contribution in [2.75, 3.05) is 6.61 Å². The van der Waals surface area contributed by atoms with Crippen LogP contribution in [0.5, 0.6) is 0 Å². The van der Waals surface area contributed by atoms with Crippen molar-refractivity contribution in [3.05, 3.63) is 0 Å². The summed E-state index contributed by atoms with van der Waals surface area (Å²) in [5, 5.41) is 8.06. The number of esters is 1. The molecule has 0 aromatic heterocycles. The molecule has 3 nitrogen and oxygen atoms in total. The molecular weight excluding hydrogens is 156 g/mol. The van der Waals surface area contributed by atoms with E-state index in [2.05, 4.69) is 11.7 Å². The van der Waals surface area contributed by atoms with E-state index in [-0.39, 0.29) is 12.1 Å². The van der Waals surface area contributed by atoms with Gasteiger partial charge in [0.05, 0.1) is 6.61 Å². The molecule has 74 valence electrons. The molecule has 0 radical (unpaired) electrons. The van der Waals surface area contributed by atoms with Gasteiger partial charge in [0, 0.05) is 13.0 Å². The highest BCUT2D eigenvalue weighted by Crippen LogP contribution is 1.86. The monoisotopic (exact) mass is 176 g/mol. The minimum absolute atomic E-state index is 0.167. The zero-order valence-electron chi connectivity index (χ0n) is 8.46. The van der Waals surface area contributed by atoms with Crippen molar-refractivity contribution in [2.45, 2.75) is 46.6 Å². The number of carbonyl (C=O) groups excluding carboxylic acids is 1. The molecule has 0 spiro atoms. The van der Waals surface area contributed by atoms with Crippen LogP contribution in [0.15, 0.2) is 0 Å². The Balaban J connectivity index is 0. The van der Waals surface area contributed by atoms with E-state index < -0.39 is 0 Å². The van der Waals surface area contributed by atoms with E-state index in [1.807, 2.05) is 0 Å². The summed E-state index contributed by atoms with van der Waals surface area (Å²) in [4.78, 5) is 10.1. The summed E-state index contributed by atoms with van der Waals surface area (Å²) in [6.07, 6.45) is 1.88. The second-order valence-corrected chi connectivity index (χ2v) is 2.79. The smallest absolute Gasteiger partial charge is 0.302 e. The highest BCUT2D eigenvalue weighted by Gasteiger charge is 1.88. The van der Waals surface area contributed by atoms with Crippen LogP contribution < -0.4 is 0 Å². The molecule has 0 bridgehead atoms. The van der Waals surface area contributed by atoms with Crippen LogP contribution in [0.3, 0.4) is 0 Å². The highest BCUT2D eigenvalue weighted by molar-refractivity contribution is 5.65. The van der Waals surface area contributed by atoms with E-state index in [4.69, 9.17) is 5.11 Å². The predicted molar refractivity (Wildman–Crippen MR) is 48.9 cm³/mol. The Morgan fingerprint density at radius 1 is 1.50 bits per heavy atom.